The van der Waals surface area contributed by atoms with E-state index in [0.29, 0.717) is 11.7 Å². The first-order chi connectivity index (χ1) is 11.0. The van der Waals surface area contributed by atoms with Crippen LogP contribution in [0.4, 0.5) is 0 Å². The number of hydrogen-bond donors (Lipinski definition) is 0. The Hall–Kier alpha value is -1.40. The molecule has 1 aromatic heterocycles. The number of hydrogen-bond acceptors (Lipinski definition) is 4. The largest absolute Gasteiger partial charge is 0.379 e. The van der Waals surface area contributed by atoms with E-state index >= 15 is 0 Å². The third kappa shape index (κ3) is 3.58. The second-order valence-corrected chi connectivity index (χ2v) is 7.37. The van der Waals surface area contributed by atoms with E-state index in [1.807, 2.05) is 16.5 Å². The van der Waals surface area contributed by atoms with Gasteiger partial charge in [0.25, 0.3) is 5.91 Å². The zero-order valence-electron chi connectivity index (χ0n) is 14.5. The fraction of sp³-hybridized carbons (Fsp3) is 0.765. The molecule has 0 N–H and O–H groups in total. The van der Waals surface area contributed by atoms with Crippen LogP contribution in [0.15, 0.2) is 12.5 Å². The summed E-state index contributed by atoms with van der Waals surface area (Å²) in [7, 11) is 1.89. The number of piperidine rings is 1. The van der Waals surface area contributed by atoms with Gasteiger partial charge in [0.2, 0.25) is 0 Å². The predicted molar refractivity (Wildman–Crippen MR) is 88.3 cm³/mol. The normalized spacial score (nSPS) is 26.7. The molecule has 0 bridgehead atoms. The van der Waals surface area contributed by atoms with Gasteiger partial charge in [0.15, 0.2) is 0 Å². The Morgan fingerprint density at radius 2 is 2.17 bits per heavy atom. The highest BCUT2D eigenvalue weighted by Crippen LogP contribution is 2.34. The van der Waals surface area contributed by atoms with Gasteiger partial charge in [-0.05, 0) is 26.7 Å². The lowest BCUT2D eigenvalue weighted by Gasteiger charge is -2.44. The Labute approximate surface area is 138 Å². The van der Waals surface area contributed by atoms with Gasteiger partial charge in [0.1, 0.15) is 5.69 Å². The van der Waals surface area contributed by atoms with Crippen LogP contribution in [0.2, 0.25) is 0 Å². The van der Waals surface area contributed by atoms with E-state index in [9.17, 15) is 4.79 Å². The molecule has 1 amide bonds. The smallest absolute Gasteiger partial charge is 0.274 e. The monoisotopic (exact) mass is 320 g/mol. The number of rotatable bonds is 2. The van der Waals surface area contributed by atoms with Gasteiger partial charge < -0.3 is 14.2 Å². The molecule has 0 saturated carbocycles. The summed E-state index contributed by atoms with van der Waals surface area (Å²) in [6.45, 7) is 9.59. The minimum absolute atomic E-state index is 0.0463. The number of aryl methyl sites for hydroxylation is 1. The topological polar surface area (TPSA) is 50.6 Å². The van der Waals surface area contributed by atoms with Crippen LogP contribution in [0, 0.1) is 5.41 Å². The minimum Gasteiger partial charge on any atom is -0.379 e. The fourth-order valence-electron chi connectivity index (χ4n) is 3.78. The van der Waals surface area contributed by atoms with Crippen molar-refractivity contribution in [2.24, 2.45) is 12.5 Å². The number of carbonyl (C=O) groups is 1. The number of aromatic nitrogens is 2. The molecular formula is C17H28N4O2. The Morgan fingerprint density at radius 3 is 2.87 bits per heavy atom. The van der Waals surface area contributed by atoms with Crippen molar-refractivity contribution in [1.82, 2.24) is 19.4 Å². The number of ether oxygens (including phenoxy) is 1. The first-order valence-electron chi connectivity index (χ1n) is 8.58. The van der Waals surface area contributed by atoms with Crippen molar-refractivity contribution in [2.75, 3.05) is 39.4 Å². The van der Waals surface area contributed by atoms with Gasteiger partial charge in [-0.25, -0.2) is 4.98 Å². The van der Waals surface area contributed by atoms with Gasteiger partial charge in [0, 0.05) is 50.9 Å². The van der Waals surface area contributed by atoms with E-state index in [-0.39, 0.29) is 11.3 Å². The number of carbonyl (C=O) groups excluding carboxylic acids is 1. The molecule has 23 heavy (non-hydrogen) atoms. The highest BCUT2D eigenvalue weighted by molar-refractivity contribution is 5.92. The van der Waals surface area contributed by atoms with Crippen LogP contribution in [0.1, 0.15) is 37.2 Å². The van der Waals surface area contributed by atoms with Crippen LogP contribution >= 0.6 is 0 Å². The van der Waals surface area contributed by atoms with Crippen LogP contribution in [0.25, 0.3) is 0 Å². The average molecular weight is 320 g/mol. The van der Waals surface area contributed by atoms with Crippen LogP contribution in [0.5, 0.6) is 0 Å². The molecule has 2 aliphatic rings. The predicted octanol–water partition coefficient (Wildman–Crippen LogP) is 1.38. The van der Waals surface area contributed by atoms with Gasteiger partial charge in [-0.2, -0.15) is 0 Å². The number of amides is 1. The first kappa shape index (κ1) is 16.5. The molecule has 0 aliphatic carbocycles. The van der Waals surface area contributed by atoms with Crippen molar-refractivity contribution < 1.29 is 9.53 Å². The fourth-order valence-corrected chi connectivity index (χ4v) is 3.78. The molecule has 0 unspecified atom stereocenters. The number of imidazole rings is 1. The van der Waals surface area contributed by atoms with Gasteiger partial charge in [0.05, 0.1) is 19.5 Å². The van der Waals surface area contributed by atoms with E-state index in [0.717, 1.165) is 52.2 Å². The van der Waals surface area contributed by atoms with Crippen molar-refractivity contribution in [3.8, 4) is 0 Å². The lowest BCUT2D eigenvalue weighted by atomic mass is 9.79. The molecule has 0 aromatic carbocycles. The molecule has 0 radical (unpaired) electrons. The summed E-state index contributed by atoms with van der Waals surface area (Å²) in [6, 6.07) is 0.510. The SMILES string of the molecule is CC(C)N1CCOC[C@@]2(CCCN(C(=O)c3cn(C)cn3)C2)C1. The van der Waals surface area contributed by atoms with E-state index < -0.39 is 0 Å². The Balaban J connectivity index is 1.75. The maximum atomic E-state index is 12.7. The van der Waals surface area contributed by atoms with Gasteiger partial charge in [-0.15, -0.1) is 0 Å². The van der Waals surface area contributed by atoms with Crippen LogP contribution in [-0.4, -0.2) is 70.7 Å². The molecular weight excluding hydrogens is 292 g/mol. The summed E-state index contributed by atoms with van der Waals surface area (Å²) >= 11 is 0. The Morgan fingerprint density at radius 1 is 1.35 bits per heavy atom. The van der Waals surface area contributed by atoms with Crippen molar-refractivity contribution in [1.29, 1.82) is 0 Å². The van der Waals surface area contributed by atoms with E-state index in [1.54, 1.807) is 12.5 Å². The average Bonchev–Trinajstić information content (AvgIpc) is 2.85. The van der Waals surface area contributed by atoms with Crippen molar-refractivity contribution in [3.63, 3.8) is 0 Å². The molecule has 3 heterocycles. The summed E-state index contributed by atoms with van der Waals surface area (Å²) in [5.74, 6) is 0.0463. The first-order valence-corrected chi connectivity index (χ1v) is 8.58. The Kier molecular flexibility index (Phi) is 4.73. The molecule has 1 spiro atoms. The van der Waals surface area contributed by atoms with Crippen molar-refractivity contribution in [2.45, 2.75) is 32.7 Å². The van der Waals surface area contributed by atoms with E-state index in [2.05, 4.69) is 23.7 Å². The van der Waals surface area contributed by atoms with Gasteiger partial charge >= 0.3 is 0 Å². The lowest BCUT2D eigenvalue weighted by Crippen LogP contribution is -2.53. The maximum Gasteiger partial charge on any atom is 0.274 e. The highest BCUT2D eigenvalue weighted by atomic mass is 16.5. The van der Waals surface area contributed by atoms with Crippen molar-refractivity contribution in [3.05, 3.63) is 18.2 Å². The van der Waals surface area contributed by atoms with E-state index in [1.165, 1.54) is 0 Å². The molecule has 128 valence electrons. The quantitative estimate of drug-likeness (QED) is 0.826. The number of likely N-dealkylation sites (tertiary alicyclic amines) is 1. The summed E-state index contributed by atoms with van der Waals surface area (Å²) in [4.78, 5) is 21.4. The zero-order valence-corrected chi connectivity index (χ0v) is 14.5. The second kappa shape index (κ2) is 6.61. The molecule has 6 heteroatoms. The zero-order chi connectivity index (χ0) is 16.4. The van der Waals surface area contributed by atoms with Gasteiger partial charge in [-0.1, -0.05) is 0 Å². The summed E-state index contributed by atoms with van der Waals surface area (Å²) in [6.07, 6.45) is 5.64. The summed E-state index contributed by atoms with van der Waals surface area (Å²) in [5.41, 5.74) is 0.600. The summed E-state index contributed by atoms with van der Waals surface area (Å²) < 4.78 is 7.73. The van der Waals surface area contributed by atoms with Gasteiger partial charge in [-0.3, -0.25) is 9.69 Å². The lowest BCUT2D eigenvalue weighted by molar-refractivity contribution is 0.00551. The molecule has 1 atom stereocenters. The molecule has 2 fully saturated rings. The molecule has 2 saturated heterocycles. The number of nitrogens with zero attached hydrogens (tertiary/aromatic N) is 4. The third-order valence-corrected chi connectivity index (χ3v) is 5.07. The van der Waals surface area contributed by atoms with Crippen LogP contribution in [-0.2, 0) is 11.8 Å². The molecule has 3 rings (SSSR count). The summed E-state index contributed by atoms with van der Waals surface area (Å²) in [5, 5.41) is 0. The standard InChI is InChI=1S/C17H28N4O2/c1-14(2)20-7-8-23-12-17(10-20)5-4-6-21(11-17)16(22)15-9-19(3)13-18-15/h9,13-14H,4-8,10-12H2,1-3H3/t17-/m0/s1. The second-order valence-electron chi connectivity index (χ2n) is 7.37. The van der Waals surface area contributed by atoms with Crippen LogP contribution in [0.3, 0.4) is 0 Å². The molecule has 1 aromatic rings. The van der Waals surface area contributed by atoms with E-state index in [4.69, 9.17) is 4.74 Å². The van der Waals surface area contributed by atoms with Crippen LogP contribution < -0.4 is 0 Å². The third-order valence-electron chi connectivity index (χ3n) is 5.07. The maximum absolute atomic E-state index is 12.7. The molecule has 2 aliphatic heterocycles. The molecule has 6 nitrogen and oxygen atoms in total. The Bertz CT molecular complexity index is 557. The minimum atomic E-state index is 0.0463. The van der Waals surface area contributed by atoms with Crippen molar-refractivity contribution >= 4 is 5.91 Å². The highest BCUT2D eigenvalue weighted by Gasteiger charge is 2.41.